The lowest BCUT2D eigenvalue weighted by Gasteiger charge is -2.21. The number of hydrogen-bond donors (Lipinski definition) is 2. The second-order valence-electron chi connectivity index (χ2n) is 5.87. The summed E-state index contributed by atoms with van der Waals surface area (Å²) in [6, 6.07) is 3.65. The summed E-state index contributed by atoms with van der Waals surface area (Å²) in [5, 5.41) is 6.26. The maximum atomic E-state index is 12.3. The summed E-state index contributed by atoms with van der Waals surface area (Å²) in [5.41, 5.74) is 0.648. The number of nitrogens with one attached hydrogen (secondary N) is 2. The highest BCUT2D eigenvalue weighted by molar-refractivity contribution is 5.98. The van der Waals surface area contributed by atoms with Crippen LogP contribution in [0.25, 0.3) is 0 Å². The van der Waals surface area contributed by atoms with Crippen molar-refractivity contribution in [3.8, 4) is 0 Å². The third-order valence-electron chi connectivity index (χ3n) is 4.16. The summed E-state index contributed by atoms with van der Waals surface area (Å²) < 4.78 is 0. The van der Waals surface area contributed by atoms with Gasteiger partial charge < -0.3 is 10.6 Å². The molecule has 4 nitrogen and oxygen atoms in total. The summed E-state index contributed by atoms with van der Waals surface area (Å²) in [4.78, 5) is 16.5. The molecule has 1 amide bonds. The Kier molecular flexibility index (Phi) is 6.51. The van der Waals surface area contributed by atoms with Gasteiger partial charge in [-0.2, -0.15) is 0 Å². The third kappa shape index (κ3) is 5.03. The minimum Gasteiger partial charge on any atom is -0.369 e. The molecule has 0 saturated heterocycles. The maximum Gasteiger partial charge on any atom is 0.255 e. The van der Waals surface area contributed by atoms with Crippen LogP contribution in [0.2, 0.25) is 0 Å². The van der Waals surface area contributed by atoms with Crippen LogP contribution in [0, 0.1) is 5.92 Å². The molecule has 1 aromatic rings. The molecule has 0 aliphatic heterocycles. The predicted molar refractivity (Wildman–Crippen MR) is 86.5 cm³/mol. The van der Waals surface area contributed by atoms with Gasteiger partial charge in [0.2, 0.25) is 0 Å². The van der Waals surface area contributed by atoms with E-state index in [0.29, 0.717) is 11.4 Å². The lowest BCUT2D eigenvalue weighted by atomic mass is 9.87. The molecule has 4 heteroatoms. The van der Waals surface area contributed by atoms with Crippen LogP contribution in [0.15, 0.2) is 18.3 Å². The van der Waals surface area contributed by atoms with E-state index in [4.69, 9.17) is 0 Å². The average Bonchev–Trinajstić information content (AvgIpc) is 2.54. The summed E-state index contributed by atoms with van der Waals surface area (Å²) in [6.07, 6.45) is 10.6. The molecule has 0 atom stereocenters. The zero-order valence-electron chi connectivity index (χ0n) is 13.0. The number of nitrogens with zero attached hydrogens (tertiary/aromatic N) is 1. The number of carbonyl (C=O) groups excluding carboxylic acids is 1. The highest BCUT2D eigenvalue weighted by Gasteiger charge is 2.15. The molecule has 1 aromatic heterocycles. The fraction of sp³-hybridized carbons (Fsp3) is 0.647. The van der Waals surface area contributed by atoms with E-state index in [2.05, 4.69) is 22.5 Å². The summed E-state index contributed by atoms with van der Waals surface area (Å²) >= 11 is 0. The van der Waals surface area contributed by atoms with Crippen LogP contribution in [-0.4, -0.2) is 24.0 Å². The minimum atomic E-state index is -0.0162. The summed E-state index contributed by atoms with van der Waals surface area (Å²) in [5.74, 6) is 1.47. The Bertz CT molecular complexity index is 441. The Morgan fingerprint density at radius 3 is 2.86 bits per heavy atom. The summed E-state index contributed by atoms with van der Waals surface area (Å²) in [6.45, 7) is 3.70. The first-order valence-corrected chi connectivity index (χ1v) is 8.28. The number of pyridine rings is 1. The third-order valence-corrected chi connectivity index (χ3v) is 4.16. The molecule has 0 aromatic carbocycles. The van der Waals surface area contributed by atoms with Crippen LogP contribution < -0.4 is 10.6 Å². The van der Waals surface area contributed by atoms with E-state index in [9.17, 15) is 4.79 Å². The quantitative estimate of drug-likeness (QED) is 0.806. The molecule has 2 rings (SSSR count). The number of carbonyl (C=O) groups is 1. The Hall–Kier alpha value is -1.58. The van der Waals surface area contributed by atoms with Crippen molar-refractivity contribution >= 4 is 11.7 Å². The SMILES string of the molecule is CCCNc1ncccc1C(=O)NCCC1CCCCC1. The van der Waals surface area contributed by atoms with Crippen LogP contribution >= 0.6 is 0 Å². The van der Waals surface area contributed by atoms with Gasteiger partial charge in [0.15, 0.2) is 0 Å². The lowest BCUT2D eigenvalue weighted by Crippen LogP contribution is -2.27. The van der Waals surface area contributed by atoms with Gasteiger partial charge in [0.05, 0.1) is 5.56 Å². The van der Waals surface area contributed by atoms with Crippen LogP contribution in [0.4, 0.5) is 5.82 Å². The number of aromatic nitrogens is 1. The number of amides is 1. The van der Waals surface area contributed by atoms with Gasteiger partial charge in [-0.3, -0.25) is 4.79 Å². The molecule has 1 saturated carbocycles. The zero-order chi connectivity index (χ0) is 14.9. The van der Waals surface area contributed by atoms with E-state index < -0.39 is 0 Å². The van der Waals surface area contributed by atoms with Gasteiger partial charge in [-0.15, -0.1) is 0 Å². The van der Waals surface area contributed by atoms with Gasteiger partial charge in [-0.05, 0) is 30.9 Å². The van der Waals surface area contributed by atoms with Gasteiger partial charge in [0, 0.05) is 19.3 Å². The first-order valence-electron chi connectivity index (χ1n) is 8.28. The van der Waals surface area contributed by atoms with Crippen LogP contribution in [0.3, 0.4) is 0 Å². The molecule has 116 valence electrons. The van der Waals surface area contributed by atoms with E-state index in [-0.39, 0.29) is 5.91 Å². The lowest BCUT2D eigenvalue weighted by molar-refractivity contribution is 0.0951. The van der Waals surface area contributed by atoms with Crippen molar-refractivity contribution < 1.29 is 4.79 Å². The van der Waals surface area contributed by atoms with E-state index in [1.807, 2.05) is 12.1 Å². The van der Waals surface area contributed by atoms with Crippen LogP contribution in [0.1, 0.15) is 62.2 Å². The van der Waals surface area contributed by atoms with Crippen molar-refractivity contribution in [2.24, 2.45) is 5.92 Å². The predicted octanol–water partition coefficient (Wildman–Crippen LogP) is 3.60. The Labute approximate surface area is 127 Å². The molecule has 1 heterocycles. The van der Waals surface area contributed by atoms with Crippen molar-refractivity contribution in [3.63, 3.8) is 0 Å². The monoisotopic (exact) mass is 289 g/mol. The molecule has 21 heavy (non-hydrogen) atoms. The second-order valence-corrected chi connectivity index (χ2v) is 5.87. The fourth-order valence-electron chi connectivity index (χ4n) is 2.93. The first kappa shape index (κ1) is 15.8. The summed E-state index contributed by atoms with van der Waals surface area (Å²) in [7, 11) is 0. The largest absolute Gasteiger partial charge is 0.369 e. The zero-order valence-corrected chi connectivity index (χ0v) is 13.0. The average molecular weight is 289 g/mol. The Balaban J connectivity index is 1.82. The van der Waals surface area contributed by atoms with Crippen molar-refractivity contribution in [1.29, 1.82) is 0 Å². The molecule has 1 aliphatic rings. The van der Waals surface area contributed by atoms with Crippen LogP contribution in [0.5, 0.6) is 0 Å². The van der Waals surface area contributed by atoms with Gasteiger partial charge in [0.1, 0.15) is 5.82 Å². The van der Waals surface area contributed by atoms with Crippen molar-refractivity contribution in [2.45, 2.75) is 51.9 Å². The van der Waals surface area contributed by atoms with E-state index in [0.717, 1.165) is 31.8 Å². The van der Waals surface area contributed by atoms with Gasteiger partial charge in [-0.25, -0.2) is 4.98 Å². The van der Waals surface area contributed by atoms with Crippen LogP contribution in [-0.2, 0) is 0 Å². The maximum absolute atomic E-state index is 12.3. The standard InChI is InChI=1S/C17H27N3O/c1-2-11-18-16-15(9-6-12-19-16)17(21)20-13-10-14-7-4-3-5-8-14/h6,9,12,14H,2-5,7-8,10-11,13H2,1H3,(H,18,19)(H,20,21). The van der Waals surface area contributed by atoms with Crippen molar-refractivity contribution in [3.05, 3.63) is 23.9 Å². The molecular weight excluding hydrogens is 262 g/mol. The topological polar surface area (TPSA) is 54.0 Å². The molecule has 0 radical (unpaired) electrons. The second kappa shape index (κ2) is 8.65. The highest BCUT2D eigenvalue weighted by atomic mass is 16.1. The number of rotatable bonds is 7. The normalized spacial score (nSPS) is 15.7. The molecule has 1 fully saturated rings. The van der Waals surface area contributed by atoms with Crippen molar-refractivity contribution in [1.82, 2.24) is 10.3 Å². The smallest absolute Gasteiger partial charge is 0.255 e. The first-order chi connectivity index (χ1) is 10.3. The van der Waals surface area contributed by atoms with E-state index in [1.165, 1.54) is 32.1 Å². The molecular formula is C17H27N3O. The Morgan fingerprint density at radius 2 is 2.10 bits per heavy atom. The molecule has 1 aliphatic carbocycles. The Morgan fingerprint density at radius 1 is 1.29 bits per heavy atom. The van der Waals surface area contributed by atoms with Gasteiger partial charge in [0.25, 0.3) is 5.91 Å². The minimum absolute atomic E-state index is 0.0162. The van der Waals surface area contributed by atoms with E-state index in [1.54, 1.807) is 6.20 Å². The number of anilines is 1. The van der Waals surface area contributed by atoms with Gasteiger partial charge in [-0.1, -0.05) is 39.0 Å². The number of hydrogen-bond acceptors (Lipinski definition) is 3. The van der Waals surface area contributed by atoms with Gasteiger partial charge >= 0.3 is 0 Å². The highest BCUT2D eigenvalue weighted by Crippen LogP contribution is 2.25. The molecule has 2 N–H and O–H groups in total. The fourth-order valence-corrected chi connectivity index (χ4v) is 2.93. The van der Waals surface area contributed by atoms with Crippen molar-refractivity contribution in [2.75, 3.05) is 18.4 Å². The molecule has 0 spiro atoms. The molecule has 0 unspecified atom stereocenters. The van der Waals surface area contributed by atoms with E-state index >= 15 is 0 Å². The molecule has 0 bridgehead atoms.